The van der Waals surface area contributed by atoms with Crippen LogP contribution in [0.25, 0.3) is 28.1 Å². The fourth-order valence-corrected chi connectivity index (χ4v) is 2.92. The summed E-state index contributed by atoms with van der Waals surface area (Å²) < 4.78 is 20.3. The first-order chi connectivity index (χ1) is 12.2. The van der Waals surface area contributed by atoms with Crippen molar-refractivity contribution in [1.82, 2.24) is 9.78 Å². The van der Waals surface area contributed by atoms with E-state index in [2.05, 4.69) is 5.10 Å². The molecular weight excluding hydrogens is 335 g/mol. The molecule has 2 aliphatic rings. The first-order valence-electron chi connectivity index (χ1n) is 8.20. The third-order valence-electron chi connectivity index (χ3n) is 4.36. The first-order valence-corrected chi connectivity index (χ1v) is 8.20. The van der Waals surface area contributed by atoms with E-state index in [9.17, 15) is 14.3 Å². The van der Waals surface area contributed by atoms with Crippen LogP contribution < -0.4 is 5.56 Å². The summed E-state index contributed by atoms with van der Waals surface area (Å²) in [5.74, 6) is -0.385. The van der Waals surface area contributed by atoms with Crippen molar-refractivity contribution in [2.75, 3.05) is 0 Å². The van der Waals surface area contributed by atoms with E-state index in [1.54, 1.807) is 18.2 Å². The Labute approximate surface area is 148 Å². The Morgan fingerprint density at radius 3 is 2.62 bits per heavy atom. The average molecular weight is 352 g/mol. The second-order valence-electron chi connectivity index (χ2n) is 7.33. The number of phenolic OH excluding ortho intramolecular Hbond substituents is 1. The van der Waals surface area contributed by atoms with Crippen molar-refractivity contribution in [1.29, 1.82) is 0 Å². The van der Waals surface area contributed by atoms with Crippen LogP contribution in [0.3, 0.4) is 0 Å². The number of rotatable bonds is 1. The Morgan fingerprint density at radius 1 is 1.15 bits per heavy atom. The number of aromatic nitrogens is 2. The second kappa shape index (κ2) is 5.42. The van der Waals surface area contributed by atoms with Gasteiger partial charge in [-0.1, -0.05) is 26.8 Å². The van der Waals surface area contributed by atoms with Crippen LogP contribution in [0, 0.1) is 5.82 Å². The van der Waals surface area contributed by atoms with E-state index in [4.69, 9.17) is 4.42 Å². The van der Waals surface area contributed by atoms with Gasteiger partial charge in [-0.3, -0.25) is 4.79 Å². The lowest BCUT2D eigenvalue weighted by Crippen LogP contribution is -2.14. The summed E-state index contributed by atoms with van der Waals surface area (Å²) in [5.41, 5.74) is 1.18. The molecule has 26 heavy (non-hydrogen) atoms. The molecule has 0 bridgehead atoms. The third-order valence-corrected chi connectivity index (χ3v) is 4.36. The number of hydrogen-bond acceptors (Lipinski definition) is 4. The highest BCUT2D eigenvalue weighted by molar-refractivity contribution is 5.87. The molecule has 2 heterocycles. The van der Waals surface area contributed by atoms with Gasteiger partial charge in [-0.25, -0.2) is 4.39 Å². The molecule has 0 atom stereocenters. The number of phenols is 1. The molecular formula is C20H17FN2O3. The molecule has 132 valence electrons. The van der Waals surface area contributed by atoms with Gasteiger partial charge in [0.25, 0.3) is 5.56 Å². The molecule has 0 saturated carbocycles. The van der Waals surface area contributed by atoms with Crippen molar-refractivity contribution < 1.29 is 13.9 Å². The number of halogens is 1. The number of benzene rings is 2. The summed E-state index contributed by atoms with van der Waals surface area (Å²) in [6.45, 7) is 6.10. The van der Waals surface area contributed by atoms with Gasteiger partial charge in [-0.05, 0) is 47.4 Å². The largest absolute Gasteiger partial charge is 0.504 e. The summed E-state index contributed by atoms with van der Waals surface area (Å²) in [6, 6.07) is 10.8. The van der Waals surface area contributed by atoms with E-state index in [1.165, 1.54) is 18.2 Å². The molecule has 0 saturated heterocycles. The molecule has 0 amide bonds. The molecule has 2 aromatic carbocycles. The monoisotopic (exact) mass is 352 g/mol. The highest BCUT2D eigenvalue weighted by atomic mass is 19.1. The standard InChI is InChI=1S/C20H17FN2O3/c1-20(2,3)12-7-11-8-15-18(26-17(11)16(24)9-12)22-23(19(15)25)14-6-4-5-13(21)10-14/h4-10,24H,1-3H3. The molecule has 0 aromatic heterocycles. The van der Waals surface area contributed by atoms with E-state index in [0.29, 0.717) is 11.1 Å². The van der Waals surface area contributed by atoms with E-state index in [-0.39, 0.29) is 28.2 Å². The normalized spacial score (nSPS) is 12.2. The number of aromatic hydroxyl groups is 1. The molecule has 6 heteroatoms. The Morgan fingerprint density at radius 2 is 1.92 bits per heavy atom. The van der Waals surface area contributed by atoms with Gasteiger partial charge in [-0.2, -0.15) is 4.68 Å². The number of nitrogens with zero attached hydrogens (tertiary/aromatic N) is 2. The molecule has 0 unspecified atom stereocenters. The fourth-order valence-electron chi connectivity index (χ4n) is 2.92. The van der Waals surface area contributed by atoms with Gasteiger partial charge >= 0.3 is 0 Å². The maximum atomic E-state index is 13.5. The van der Waals surface area contributed by atoms with Crippen molar-refractivity contribution in [3.8, 4) is 22.9 Å². The van der Waals surface area contributed by atoms with E-state index in [1.807, 2.05) is 26.8 Å². The minimum absolute atomic E-state index is 0.0120. The molecule has 0 spiro atoms. The Bertz CT molecular complexity index is 1170. The van der Waals surface area contributed by atoms with Gasteiger partial charge in [0.1, 0.15) is 11.4 Å². The van der Waals surface area contributed by atoms with E-state index in [0.717, 1.165) is 10.2 Å². The lowest BCUT2D eigenvalue weighted by atomic mass is 9.86. The Balaban J connectivity index is 2.00. The topological polar surface area (TPSA) is 68.3 Å². The number of fused-ring (bicyclic) bond motifs is 2. The predicted octanol–water partition coefficient (Wildman–Crippen LogP) is 4.23. The summed E-state index contributed by atoms with van der Waals surface area (Å²) >= 11 is 0. The minimum Gasteiger partial charge on any atom is -0.504 e. The number of hydrogen-bond donors (Lipinski definition) is 1. The first kappa shape index (κ1) is 16.3. The second-order valence-corrected chi connectivity index (χ2v) is 7.33. The Kier molecular flexibility index (Phi) is 3.41. The SMILES string of the molecule is CC(C)(C)c1cc(O)c2oc3nn(-c4cccc(F)c4)c(=O)c-3cc2c1. The van der Waals surface area contributed by atoms with Crippen molar-refractivity contribution in [2.45, 2.75) is 26.2 Å². The fraction of sp³-hybridized carbons (Fsp3) is 0.200. The molecule has 0 aliphatic carbocycles. The van der Waals surface area contributed by atoms with Crippen molar-refractivity contribution in [2.24, 2.45) is 0 Å². The zero-order valence-electron chi connectivity index (χ0n) is 14.6. The van der Waals surface area contributed by atoms with Crippen LogP contribution in [0.1, 0.15) is 26.3 Å². The molecule has 0 radical (unpaired) electrons. The molecule has 0 fully saturated rings. The summed E-state index contributed by atoms with van der Waals surface area (Å²) in [4.78, 5) is 12.7. The molecule has 2 aliphatic heterocycles. The molecule has 4 rings (SSSR count). The van der Waals surface area contributed by atoms with Crippen molar-refractivity contribution >= 4 is 11.0 Å². The van der Waals surface area contributed by atoms with Crippen molar-refractivity contribution in [3.05, 3.63) is 64.2 Å². The summed E-state index contributed by atoms with van der Waals surface area (Å²) in [5, 5.41) is 15.1. The van der Waals surface area contributed by atoms with Gasteiger partial charge in [-0.15, -0.1) is 5.10 Å². The van der Waals surface area contributed by atoms with Crippen molar-refractivity contribution in [3.63, 3.8) is 0 Å². The van der Waals surface area contributed by atoms with Gasteiger partial charge in [0.2, 0.25) is 5.89 Å². The molecule has 2 aromatic rings. The third kappa shape index (κ3) is 2.54. The lowest BCUT2D eigenvalue weighted by molar-refractivity contribution is 0.459. The van der Waals surface area contributed by atoms with Crippen LogP contribution in [0.4, 0.5) is 4.39 Å². The van der Waals surface area contributed by atoms with Crippen LogP contribution in [-0.4, -0.2) is 14.9 Å². The zero-order valence-corrected chi connectivity index (χ0v) is 14.6. The maximum Gasteiger partial charge on any atom is 0.284 e. The lowest BCUT2D eigenvalue weighted by Gasteiger charge is -2.19. The van der Waals surface area contributed by atoms with Crippen LogP contribution in [-0.2, 0) is 5.41 Å². The molecule has 5 nitrogen and oxygen atoms in total. The van der Waals surface area contributed by atoms with Gasteiger partial charge < -0.3 is 9.52 Å². The van der Waals surface area contributed by atoms with Gasteiger partial charge in [0, 0.05) is 5.39 Å². The van der Waals surface area contributed by atoms with Crippen LogP contribution >= 0.6 is 0 Å². The zero-order chi connectivity index (χ0) is 18.6. The minimum atomic E-state index is -0.462. The molecule has 1 N–H and O–H groups in total. The maximum absolute atomic E-state index is 13.5. The summed E-state index contributed by atoms with van der Waals surface area (Å²) in [6.07, 6.45) is 0. The predicted molar refractivity (Wildman–Crippen MR) is 96.6 cm³/mol. The van der Waals surface area contributed by atoms with Gasteiger partial charge in [0.15, 0.2) is 11.3 Å². The quantitative estimate of drug-likeness (QED) is 0.557. The van der Waals surface area contributed by atoms with Crippen LogP contribution in [0.15, 0.2) is 51.7 Å². The highest BCUT2D eigenvalue weighted by Crippen LogP contribution is 2.35. The highest BCUT2D eigenvalue weighted by Gasteiger charge is 2.23. The average Bonchev–Trinajstić information content (AvgIpc) is 2.89. The van der Waals surface area contributed by atoms with Crippen LogP contribution in [0.2, 0.25) is 0 Å². The van der Waals surface area contributed by atoms with Gasteiger partial charge in [0.05, 0.1) is 5.69 Å². The van der Waals surface area contributed by atoms with E-state index >= 15 is 0 Å². The Hall–Kier alpha value is -3.15. The smallest absolute Gasteiger partial charge is 0.284 e. The van der Waals surface area contributed by atoms with Crippen LogP contribution in [0.5, 0.6) is 5.75 Å². The summed E-state index contributed by atoms with van der Waals surface area (Å²) in [7, 11) is 0. The van der Waals surface area contributed by atoms with E-state index < -0.39 is 11.4 Å².